The van der Waals surface area contributed by atoms with Gasteiger partial charge in [-0.15, -0.1) is 0 Å². The number of cyclic esters (lactones) is 1. The van der Waals surface area contributed by atoms with Crippen molar-refractivity contribution >= 4 is 41.4 Å². The highest BCUT2D eigenvalue weighted by molar-refractivity contribution is 7.98. The van der Waals surface area contributed by atoms with Gasteiger partial charge in [0.25, 0.3) is 0 Å². The molecule has 3 atom stereocenters. The van der Waals surface area contributed by atoms with Gasteiger partial charge in [0, 0.05) is 25.0 Å². The van der Waals surface area contributed by atoms with Crippen LogP contribution in [0.2, 0.25) is 0 Å². The number of hydrogen-bond acceptors (Lipinski definition) is 8. The maximum absolute atomic E-state index is 13.0. The highest BCUT2D eigenvalue weighted by atomic mass is 32.2. The third kappa shape index (κ3) is 6.04. The van der Waals surface area contributed by atoms with E-state index in [0.717, 1.165) is 5.56 Å². The largest absolute Gasteiger partial charge is 0.467 e. The van der Waals surface area contributed by atoms with Crippen LogP contribution in [0.4, 0.5) is 0 Å². The molecular formula is C22H27N3O7S. The first kappa shape index (κ1) is 24.6. The van der Waals surface area contributed by atoms with Crippen LogP contribution in [0.15, 0.2) is 24.3 Å². The number of nitrogens with zero attached hydrogens (tertiary/aromatic N) is 1. The number of benzene rings is 1. The fourth-order valence-electron chi connectivity index (χ4n) is 3.82. The Bertz CT molecular complexity index is 938. The molecule has 0 unspecified atom stereocenters. The van der Waals surface area contributed by atoms with E-state index in [9.17, 15) is 24.0 Å². The van der Waals surface area contributed by atoms with E-state index in [2.05, 4.69) is 10.6 Å². The lowest BCUT2D eigenvalue weighted by Crippen LogP contribution is -2.57. The Morgan fingerprint density at radius 2 is 2.00 bits per heavy atom. The number of carbonyl (C=O) groups is 5. The second kappa shape index (κ2) is 11.2. The van der Waals surface area contributed by atoms with Gasteiger partial charge < -0.3 is 25.0 Å². The predicted octanol–water partition coefficient (Wildman–Crippen LogP) is 0.244. The van der Waals surface area contributed by atoms with Crippen molar-refractivity contribution < 1.29 is 33.4 Å². The number of carbonyl (C=O) groups excluding carboxylic acids is 5. The van der Waals surface area contributed by atoms with E-state index in [-0.39, 0.29) is 11.7 Å². The molecule has 0 bridgehead atoms. The Morgan fingerprint density at radius 3 is 2.73 bits per heavy atom. The minimum absolute atomic E-state index is 0.212. The number of methoxy groups -OCH3 is 1. The fraction of sp³-hybridized carbons (Fsp3) is 0.500. The highest BCUT2D eigenvalue weighted by Crippen LogP contribution is 2.20. The molecule has 178 valence electrons. The summed E-state index contributed by atoms with van der Waals surface area (Å²) in [5, 5.41) is 5.17. The number of rotatable bonds is 3. The average molecular weight is 478 g/mol. The molecule has 0 spiro atoms. The zero-order chi connectivity index (χ0) is 24.0. The maximum atomic E-state index is 13.0. The minimum atomic E-state index is -1.25. The van der Waals surface area contributed by atoms with Crippen molar-refractivity contribution in [3.63, 3.8) is 0 Å². The van der Waals surface area contributed by atoms with Crippen LogP contribution < -0.4 is 10.6 Å². The monoisotopic (exact) mass is 477 g/mol. The molecule has 1 aromatic rings. The second-order valence-electron chi connectivity index (χ2n) is 7.79. The molecule has 2 N–H and O–H groups in total. The first-order chi connectivity index (χ1) is 15.8. The van der Waals surface area contributed by atoms with Gasteiger partial charge in [0.2, 0.25) is 17.7 Å². The van der Waals surface area contributed by atoms with Crippen LogP contribution >= 0.6 is 11.8 Å². The Kier molecular flexibility index (Phi) is 8.32. The number of fused-ring (bicyclic) bond motifs is 1. The molecule has 0 radical (unpaired) electrons. The van der Waals surface area contributed by atoms with Crippen molar-refractivity contribution in [3.8, 4) is 0 Å². The molecule has 2 heterocycles. The fourth-order valence-corrected chi connectivity index (χ4v) is 4.86. The number of nitrogens with one attached hydrogen (secondary N) is 2. The molecule has 1 fully saturated rings. The molecule has 0 aliphatic carbocycles. The topological polar surface area (TPSA) is 131 Å². The van der Waals surface area contributed by atoms with E-state index in [1.165, 1.54) is 30.7 Å². The molecule has 0 saturated carbocycles. The molecule has 33 heavy (non-hydrogen) atoms. The van der Waals surface area contributed by atoms with Gasteiger partial charge in [-0.2, -0.15) is 11.8 Å². The zero-order valence-corrected chi connectivity index (χ0v) is 19.3. The van der Waals surface area contributed by atoms with Gasteiger partial charge in [-0.25, -0.2) is 9.59 Å². The number of esters is 2. The number of likely N-dealkylation sites (tertiary alicyclic amines) is 1. The lowest BCUT2D eigenvalue weighted by molar-refractivity contribution is -0.145. The SMILES string of the molecule is COC(=O)[C@H]1CSCc2ccccc2C(=O)OC[C@@H](NC(=O)[C@H]2CCCN2C(C)=O)C(=O)N1. The van der Waals surface area contributed by atoms with E-state index >= 15 is 0 Å². The highest BCUT2D eigenvalue weighted by Gasteiger charge is 2.36. The number of thioether (sulfide) groups is 1. The third-order valence-electron chi connectivity index (χ3n) is 5.56. The first-order valence-electron chi connectivity index (χ1n) is 10.6. The van der Waals surface area contributed by atoms with E-state index < -0.39 is 48.5 Å². The molecule has 3 rings (SSSR count). The molecular weight excluding hydrogens is 450 g/mol. The summed E-state index contributed by atoms with van der Waals surface area (Å²) in [4.78, 5) is 64.0. The summed E-state index contributed by atoms with van der Waals surface area (Å²) in [6.07, 6.45) is 1.14. The maximum Gasteiger partial charge on any atom is 0.338 e. The van der Waals surface area contributed by atoms with Crippen molar-refractivity contribution in [1.82, 2.24) is 15.5 Å². The second-order valence-corrected chi connectivity index (χ2v) is 8.82. The van der Waals surface area contributed by atoms with E-state index in [0.29, 0.717) is 30.7 Å². The van der Waals surface area contributed by atoms with Crippen LogP contribution in [0.1, 0.15) is 35.7 Å². The van der Waals surface area contributed by atoms with Crippen LogP contribution in [0.5, 0.6) is 0 Å². The summed E-state index contributed by atoms with van der Waals surface area (Å²) < 4.78 is 10.2. The number of amides is 3. The van der Waals surface area contributed by atoms with Crippen molar-refractivity contribution in [2.45, 2.75) is 43.6 Å². The molecule has 3 amide bonds. The zero-order valence-electron chi connectivity index (χ0n) is 18.5. The quantitative estimate of drug-likeness (QED) is 0.592. The van der Waals surface area contributed by atoms with Gasteiger partial charge in [0.05, 0.1) is 12.7 Å². The molecule has 0 aromatic heterocycles. The lowest BCUT2D eigenvalue weighted by atomic mass is 10.1. The van der Waals surface area contributed by atoms with Gasteiger partial charge in [-0.1, -0.05) is 18.2 Å². The molecule has 2 aliphatic rings. The Balaban J connectivity index is 1.83. The van der Waals surface area contributed by atoms with Crippen LogP contribution in [0.3, 0.4) is 0 Å². The molecule has 1 aromatic carbocycles. The predicted molar refractivity (Wildman–Crippen MR) is 119 cm³/mol. The first-order valence-corrected chi connectivity index (χ1v) is 11.8. The summed E-state index contributed by atoms with van der Waals surface area (Å²) in [7, 11) is 1.22. The molecule has 10 nitrogen and oxygen atoms in total. The van der Waals surface area contributed by atoms with Gasteiger partial charge in [-0.3, -0.25) is 14.4 Å². The van der Waals surface area contributed by atoms with Crippen molar-refractivity contribution in [2.24, 2.45) is 0 Å². The molecule has 1 saturated heterocycles. The Labute approximate surface area is 195 Å². The lowest BCUT2D eigenvalue weighted by Gasteiger charge is -2.26. The van der Waals surface area contributed by atoms with Crippen LogP contribution in [0.25, 0.3) is 0 Å². The normalized spacial score (nSPS) is 23.8. The third-order valence-corrected chi connectivity index (χ3v) is 6.64. The standard InChI is InChI=1S/C22H27N3O7S/c1-13(26)25-9-5-8-18(25)20(28)23-16-10-32-21(29)15-7-4-3-6-14(15)11-33-12-17(22(30)31-2)24-19(16)27/h3-4,6-7,16-18H,5,8-12H2,1-2H3,(H,23,28)(H,24,27)/t16-,17-,18-/m1/s1. The molecule has 11 heteroatoms. The van der Waals surface area contributed by atoms with Gasteiger partial charge in [-0.05, 0) is 24.5 Å². The number of hydrogen-bond donors (Lipinski definition) is 2. The summed E-state index contributed by atoms with van der Waals surface area (Å²) in [6, 6.07) is 4.00. The summed E-state index contributed by atoms with van der Waals surface area (Å²) in [5.74, 6) is -2.04. The van der Waals surface area contributed by atoms with Crippen LogP contribution in [0, 0.1) is 0 Å². The van der Waals surface area contributed by atoms with Crippen LogP contribution in [-0.4, -0.2) is 78.7 Å². The summed E-state index contributed by atoms with van der Waals surface area (Å²) >= 11 is 1.35. The molecule has 2 aliphatic heterocycles. The number of ether oxygens (including phenoxy) is 2. The minimum Gasteiger partial charge on any atom is -0.467 e. The van der Waals surface area contributed by atoms with Crippen molar-refractivity contribution in [2.75, 3.05) is 26.0 Å². The Morgan fingerprint density at radius 1 is 1.24 bits per heavy atom. The van der Waals surface area contributed by atoms with Gasteiger partial charge in [0.1, 0.15) is 24.7 Å². The summed E-state index contributed by atoms with van der Waals surface area (Å²) in [5.41, 5.74) is 1.08. The van der Waals surface area contributed by atoms with Gasteiger partial charge in [0.15, 0.2) is 0 Å². The summed E-state index contributed by atoms with van der Waals surface area (Å²) in [6.45, 7) is 1.41. The van der Waals surface area contributed by atoms with E-state index in [1.807, 2.05) is 0 Å². The van der Waals surface area contributed by atoms with E-state index in [1.54, 1.807) is 24.3 Å². The average Bonchev–Trinajstić information content (AvgIpc) is 3.30. The van der Waals surface area contributed by atoms with Gasteiger partial charge >= 0.3 is 11.9 Å². The Hall–Kier alpha value is -3.08. The van der Waals surface area contributed by atoms with E-state index in [4.69, 9.17) is 9.47 Å². The van der Waals surface area contributed by atoms with Crippen LogP contribution in [-0.2, 0) is 34.4 Å². The smallest absolute Gasteiger partial charge is 0.338 e. The van der Waals surface area contributed by atoms with Crippen molar-refractivity contribution in [1.29, 1.82) is 0 Å². The van der Waals surface area contributed by atoms with Crippen molar-refractivity contribution in [3.05, 3.63) is 35.4 Å².